The first-order chi connectivity index (χ1) is 8.85. The van der Waals surface area contributed by atoms with E-state index in [9.17, 15) is 8.42 Å². The van der Waals surface area contributed by atoms with E-state index in [1.807, 2.05) is 13.8 Å². The van der Waals surface area contributed by atoms with Gasteiger partial charge in [-0.15, -0.1) is 0 Å². The summed E-state index contributed by atoms with van der Waals surface area (Å²) in [7, 11) is -2.00. The Morgan fingerprint density at radius 1 is 1.32 bits per heavy atom. The van der Waals surface area contributed by atoms with Crippen LogP contribution in [0.3, 0.4) is 0 Å². The molecular weight excluding hydrogens is 264 g/mol. The molecule has 0 aromatic heterocycles. The van der Waals surface area contributed by atoms with Gasteiger partial charge in [-0.05, 0) is 38.6 Å². The summed E-state index contributed by atoms with van der Waals surface area (Å²) in [5, 5.41) is 2.98. The van der Waals surface area contributed by atoms with Crippen LogP contribution in [0, 0.1) is 0 Å². The van der Waals surface area contributed by atoms with Crippen molar-refractivity contribution in [3.63, 3.8) is 0 Å². The standard InChI is InChI=1S/C12H20N4O2S/c1-9(2)16-12(13)15-8-10-4-6-11(7-5-10)19(17,18)14-3/h4-7,9,14H,8H2,1-3H3,(H3,13,15,16). The fourth-order valence-corrected chi connectivity index (χ4v) is 2.14. The number of nitrogens with one attached hydrogen (secondary N) is 2. The molecule has 0 radical (unpaired) electrons. The first-order valence-electron chi connectivity index (χ1n) is 5.94. The van der Waals surface area contributed by atoms with Crippen LogP contribution in [-0.2, 0) is 16.6 Å². The van der Waals surface area contributed by atoms with Crippen LogP contribution in [0.2, 0.25) is 0 Å². The van der Waals surface area contributed by atoms with Gasteiger partial charge in [0.15, 0.2) is 5.96 Å². The zero-order valence-electron chi connectivity index (χ0n) is 11.3. The molecule has 0 bridgehead atoms. The van der Waals surface area contributed by atoms with Crippen molar-refractivity contribution >= 4 is 16.0 Å². The molecule has 0 spiro atoms. The third-order valence-corrected chi connectivity index (χ3v) is 3.80. The summed E-state index contributed by atoms with van der Waals surface area (Å²) in [4.78, 5) is 4.40. The van der Waals surface area contributed by atoms with Gasteiger partial charge in [0.25, 0.3) is 0 Å². The van der Waals surface area contributed by atoms with Gasteiger partial charge in [0.2, 0.25) is 10.0 Å². The second kappa shape index (κ2) is 6.53. The van der Waals surface area contributed by atoms with Gasteiger partial charge in [0.05, 0.1) is 11.4 Å². The van der Waals surface area contributed by atoms with Crippen molar-refractivity contribution in [3.8, 4) is 0 Å². The minimum Gasteiger partial charge on any atom is -0.370 e. The SMILES string of the molecule is CNS(=O)(=O)c1ccc(CN=C(N)NC(C)C)cc1. The monoisotopic (exact) mass is 284 g/mol. The summed E-state index contributed by atoms with van der Waals surface area (Å²) >= 11 is 0. The molecule has 0 unspecified atom stereocenters. The van der Waals surface area contributed by atoms with Crippen LogP contribution in [0.5, 0.6) is 0 Å². The molecule has 0 aliphatic rings. The van der Waals surface area contributed by atoms with E-state index < -0.39 is 10.0 Å². The minimum absolute atomic E-state index is 0.229. The first-order valence-corrected chi connectivity index (χ1v) is 7.42. The molecule has 1 rings (SSSR count). The quantitative estimate of drug-likeness (QED) is 0.539. The zero-order chi connectivity index (χ0) is 14.5. The molecule has 0 saturated heterocycles. The second-order valence-electron chi connectivity index (χ2n) is 4.35. The number of rotatable bonds is 5. The van der Waals surface area contributed by atoms with Crippen molar-refractivity contribution in [2.45, 2.75) is 31.3 Å². The average Bonchev–Trinajstić information content (AvgIpc) is 2.36. The number of nitrogens with zero attached hydrogens (tertiary/aromatic N) is 1. The topological polar surface area (TPSA) is 96.6 Å². The third-order valence-electron chi connectivity index (χ3n) is 2.37. The van der Waals surface area contributed by atoms with Crippen molar-refractivity contribution in [2.24, 2.45) is 10.7 Å². The van der Waals surface area contributed by atoms with E-state index in [2.05, 4.69) is 15.0 Å². The van der Waals surface area contributed by atoms with E-state index in [-0.39, 0.29) is 10.9 Å². The molecule has 0 atom stereocenters. The highest BCUT2D eigenvalue weighted by Gasteiger charge is 2.10. The maximum Gasteiger partial charge on any atom is 0.240 e. The van der Waals surface area contributed by atoms with Gasteiger partial charge in [-0.2, -0.15) is 0 Å². The number of hydrogen-bond acceptors (Lipinski definition) is 3. The molecule has 1 aromatic carbocycles. The fraction of sp³-hybridized carbons (Fsp3) is 0.417. The predicted molar refractivity (Wildman–Crippen MR) is 76.3 cm³/mol. The Bertz CT molecular complexity index is 535. The molecular formula is C12H20N4O2S. The Balaban J connectivity index is 2.73. The smallest absolute Gasteiger partial charge is 0.240 e. The van der Waals surface area contributed by atoms with E-state index in [1.54, 1.807) is 24.3 Å². The second-order valence-corrected chi connectivity index (χ2v) is 6.24. The molecule has 7 heteroatoms. The van der Waals surface area contributed by atoms with E-state index in [4.69, 9.17) is 5.73 Å². The Morgan fingerprint density at radius 3 is 2.37 bits per heavy atom. The Hall–Kier alpha value is -1.60. The van der Waals surface area contributed by atoms with Gasteiger partial charge in [-0.3, -0.25) is 0 Å². The first kappa shape index (κ1) is 15.5. The number of aliphatic imine (C=N–C) groups is 1. The molecule has 0 heterocycles. The third kappa shape index (κ3) is 4.88. The van der Waals surface area contributed by atoms with E-state index >= 15 is 0 Å². The maximum atomic E-state index is 11.5. The Labute approximate surface area is 114 Å². The number of guanidine groups is 1. The lowest BCUT2D eigenvalue weighted by Crippen LogP contribution is -2.36. The molecule has 6 nitrogen and oxygen atoms in total. The van der Waals surface area contributed by atoms with Crippen LogP contribution < -0.4 is 15.8 Å². The lowest BCUT2D eigenvalue weighted by molar-refractivity contribution is 0.588. The highest BCUT2D eigenvalue weighted by atomic mass is 32.2. The van der Waals surface area contributed by atoms with Crippen molar-refractivity contribution in [2.75, 3.05) is 7.05 Å². The largest absolute Gasteiger partial charge is 0.370 e. The molecule has 106 valence electrons. The minimum atomic E-state index is -3.38. The number of sulfonamides is 1. The van der Waals surface area contributed by atoms with Crippen LogP contribution in [0.4, 0.5) is 0 Å². The highest BCUT2D eigenvalue weighted by molar-refractivity contribution is 7.89. The summed E-state index contributed by atoms with van der Waals surface area (Å²) in [6.07, 6.45) is 0. The Morgan fingerprint density at radius 2 is 1.89 bits per heavy atom. The van der Waals surface area contributed by atoms with Gasteiger partial charge in [-0.1, -0.05) is 12.1 Å². The van der Waals surface area contributed by atoms with Gasteiger partial charge < -0.3 is 11.1 Å². The van der Waals surface area contributed by atoms with Crippen molar-refractivity contribution < 1.29 is 8.42 Å². The van der Waals surface area contributed by atoms with Crippen LogP contribution in [0.15, 0.2) is 34.2 Å². The zero-order valence-corrected chi connectivity index (χ0v) is 12.2. The van der Waals surface area contributed by atoms with Crippen LogP contribution >= 0.6 is 0 Å². The number of hydrogen-bond donors (Lipinski definition) is 3. The molecule has 0 fully saturated rings. The number of nitrogens with two attached hydrogens (primary N) is 1. The fourth-order valence-electron chi connectivity index (χ4n) is 1.41. The van der Waals surface area contributed by atoms with Gasteiger partial charge in [0.1, 0.15) is 0 Å². The lowest BCUT2D eigenvalue weighted by Gasteiger charge is -2.08. The number of benzene rings is 1. The van der Waals surface area contributed by atoms with Crippen LogP contribution in [0.25, 0.3) is 0 Å². The lowest BCUT2D eigenvalue weighted by atomic mass is 10.2. The van der Waals surface area contributed by atoms with E-state index in [0.717, 1.165) is 5.56 Å². The molecule has 0 saturated carbocycles. The molecule has 1 aromatic rings. The molecule has 19 heavy (non-hydrogen) atoms. The van der Waals surface area contributed by atoms with E-state index in [0.29, 0.717) is 12.5 Å². The summed E-state index contributed by atoms with van der Waals surface area (Å²) < 4.78 is 25.3. The van der Waals surface area contributed by atoms with Crippen LogP contribution in [0.1, 0.15) is 19.4 Å². The molecule has 0 amide bonds. The summed E-state index contributed by atoms with van der Waals surface area (Å²) in [5.74, 6) is 0.377. The van der Waals surface area contributed by atoms with Crippen molar-refractivity contribution in [1.29, 1.82) is 0 Å². The molecule has 0 aliphatic heterocycles. The normalized spacial score (nSPS) is 12.7. The maximum absolute atomic E-state index is 11.5. The molecule has 4 N–H and O–H groups in total. The summed E-state index contributed by atoms with van der Waals surface area (Å²) in [6.45, 7) is 4.35. The van der Waals surface area contributed by atoms with Crippen molar-refractivity contribution in [1.82, 2.24) is 10.0 Å². The summed E-state index contributed by atoms with van der Waals surface area (Å²) in [5.41, 5.74) is 6.57. The van der Waals surface area contributed by atoms with Gasteiger partial charge in [-0.25, -0.2) is 18.1 Å². The van der Waals surface area contributed by atoms with Crippen LogP contribution in [-0.4, -0.2) is 27.5 Å². The summed E-state index contributed by atoms with van der Waals surface area (Å²) in [6, 6.07) is 6.75. The Kier molecular flexibility index (Phi) is 5.31. The van der Waals surface area contributed by atoms with E-state index in [1.165, 1.54) is 7.05 Å². The van der Waals surface area contributed by atoms with Crippen molar-refractivity contribution in [3.05, 3.63) is 29.8 Å². The molecule has 0 aliphatic carbocycles. The van der Waals surface area contributed by atoms with Gasteiger partial charge in [0, 0.05) is 6.04 Å². The van der Waals surface area contributed by atoms with Gasteiger partial charge >= 0.3 is 0 Å². The predicted octanol–water partition coefficient (Wildman–Crippen LogP) is 0.407. The highest BCUT2D eigenvalue weighted by Crippen LogP contribution is 2.10. The average molecular weight is 284 g/mol.